The molecule has 98 valence electrons. The van der Waals surface area contributed by atoms with E-state index in [0.717, 1.165) is 22.6 Å². The lowest BCUT2D eigenvalue weighted by atomic mass is 10.0. The van der Waals surface area contributed by atoms with Crippen molar-refractivity contribution in [1.29, 1.82) is 0 Å². The van der Waals surface area contributed by atoms with E-state index in [4.69, 9.17) is 10.2 Å². The minimum Gasteiger partial charge on any atom is -0.461 e. The number of nitrogens with zero attached hydrogens (tertiary/aromatic N) is 2. The molecule has 1 unspecified atom stereocenters. The Morgan fingerprint density at radius 2 is 2.21 bits per heavy atom. The van der Waals surface area contributed by atoms with Crippen molar-refractivity contribution in [2.24, 2.45) is 12.8 Å². The average molecular weight is 255 g/mol. The highest BCUT2D eigenvalue weighted by Gasteiger charge is 2.13. The van der Waals surface area contributed by atoms with Gasteiger partial charge in [0.2, 0.25) is 0 Å². The molecule has 0 saturated heterocycles. The van der Waals surface area contributed by atoms with Gasteiger partial charge in [0.1, 0.15) is 0 Å². The first-order valence-corrected chi connectivity index (χ1v) is 6.41. The number of furan rings is 1. The van der Waals surface area contributed by atoms with Gasteiger partial charge in [-0.3, -0.25) is 0 Å². The molecule has 2 N–H and O–H groups in total. The molecule has 3 rings (SSSR count). The van der Waals surface area contributed by atoms with Crippen LogP contribution in [-0.4, -0.2) is 16.1 Å². The molecule has 0 aliphatic rings. The molecular weight excluding hydrogens is 238 g/mol. The van der Waals surface area contributed by atoms with Crippen molar-refractivity contribution in [3.63, 3.8) is 0 Å². The Labute approximate surface area is 111 Å². The maximum atomic E-state index is 5.73. The normalized spacial score (nSPS) is 13.0. The number of imidazole rings is 1. The standard InChI is InChI=1S/C15H17N3O/c1-10(9-16)11-5-6-12-13(8-11)18(2)15(17-12)14-4-3-7-19-14/h3-8,10H,9,16H2,1-2H3. The summed E-state index contributed by atoms with van der Waals surface area (Å²) in [5, 5.41) is 0. The van der Waals surface area contributed by atoms with Crippen LogP contribution >= 0.6 is 0 Å². The maximum absolute atomic E-state index is 5.73. The van der Waals surface area contributed by atoms with Crippen molar-refractivity contribution in [3.05, 3.63) is 42.2 Å². The van der Waals surface area contributed by atoms with Gasteiger partial charge in [0.05, 0.1) is 17.3 Å². The maximum Gasteiger partial charge on any atom is 0.176 e. The Balaban J connectivity index is 2.16. The lowest BCUT2D eigenvalue weighted by Crippen LogP contribution is -2.08. The van der Waals surface area contributed by atoms with Gasteiger partial charge in [0, 0.05) is 7.05 Å². The summed E-state index contributed by atoms with van der Waals surface area (Å²) >= 11 is 0. The van der Waals surface area contributed by atoms with Crippen LogP contribution < -0.4 is 5.73 Å². The molecule has 0 bridgehead atoms. The summed E-state index contributed by atoms with van der Waals surface area (Å²) in [7, 11) is 2.00. The van der Waals surface area contributed by atoms with Crippen molar-refractivity contribution in [3.8, 4) is 11.6 Å². The molecule has 3 aromatic rings. The van der Waals surface area contributed by atoms with E-state index in [2.05, 4.69) is 28.6 Å². The zero-order valence-electron chi connectivity index (χ0n) is 11.1. The third kappa shape index (κ3) is 1.94. The summed E-state index contributed by atoms with van der Waals surface area (Å²) in [6.45, 7) is 2.78. The molecule has 1 aromatic carbocycles. The lowest BCUT2D eigenvalue weighted by molar-refractivity contribution is 0.574. The Kier molecular flexibility index (Phi) is 2.87. The van der Waals surface area contributed by atoms with Crippen molar-refractivity contribution < 1.29 is 4.42 Å². The van der Waals surface area contributed by atoms with Gasteiger partial charge >= 0.3 is 0 Å². The van der Waals surface area contributed by atoms with Crippen LogP contribution in [0.5, 0.6) is 0 Å². The summed E-state index contributed by atoms with van der Waals surface area (Å²) in [5.74, 6) is 1.98. The van der Waals surface area contributed by atoms with E-state index in [-0.39, 0.29) is 0 Å². The zero-order valence-corrected chi connectivity index (χ0v) is 11.1. The van der Waals surface area contributed by atoms with Crippen LogP contribution in [0.2, 0.25) is 0 Å². The summed E-state index contributed by atoms with van der Waals surface area (Å²) < 4.78 is 7.48. The number of benzene rings is 1. The summed E-state index contributed by atoms with van der Waals surface area (Å²) in [6.07, 6.45) is 1.66. The lowest BCUT2D eigenvalue weighted by Gasteiger charge is -2.08. The first kappa shape index (κ1) is 12.0. The second-order valence-corrected chi connectivity index (χ2v) is 4.86. The van der Waals surface area contributed by atoms with E-state index in [1.165, 1.54) is 5.56 Å². The number of aromatic nitrogens is 2. The van der Waals surface area contributed by atoms with Gasteiger partial charge in [-0.05, 0) is 42.3 Å². The van der Waals surface area contributed by atoms with E-state index >= 15 is 0 Å². The van der Waals surface area contributed by atoms with E-state index in [1.54, 1.807) is 6.26 Å². The smallest absolute Gasteiger partial charge is 0.176 e. The highest BCUT2D eigenvalue weighted by molar-refractivity contribution is 5.80. The molecule has 0 aliphatic carbocycles. The predicted octanol–water partition coefficient (Wildman–Crippen LogP) is 2.90. The van der Waals surface area contributed by atoms with Gasteiger partial charge in [0.25, 0.3) is 0 Å². The van der Waals surface area contributed by atoms with E-state index in [9.17, 15) is 0 Å². The van der Waals surface area contributed by atoms with Crippen LogP contribution in [-0.2, 0) is 7.05 Å². The molecule has 0 spiro atoms. The highest BCUT2D eigenvalue weighted by Crippen LogP contribution is 2.26. The molecule has 4 nitrogen and oxygen atoms in total. The number of hydrogen-bond donors (Lipinski definition) is 1. The first-order chi connectivity index (χ1) is 9.20. The molecule has 0 saturated carbocycles. The van der Waals surface area contributed by atoms with Gasteiger partial charge in [0.15, 0.2) is 11.6 Å². The van der Waals surface area contributed by atoms with Crippen LogP contribution in [0.3, 0.4) is 0 Å². The molecule has 0 radical (unpaired) electrons. The molecule has 2 aromatic heterocycles. The summed E-state index contributed by atoms with van der Waals surface area (Å²) in [4.78, 5) is 4.62. The minimum atomic E-state index is 0.353. The van der Waals surface area contributed by atoms with Crippen molar-refractivity contribution in [2.45, 2.75) is 12.8 Å². The fourth-order valence-corrected chi connectivity index (χ4v) is 2.28. The van der Waals surface area contributed by atoms with Crippen LogP contribution in [0.1, 0.15) is 18.4 Å². The monoisotopic (exact) mass is 255 g/mol. The largest absolute Gasteiger partial charge is 0.461 e. The SMILES string of the molecule is CC(CN)c1ccc2nc(-c3ccco3)n(C)c2c1. The number of nitrogens with two attached hydrogens (primary N) is 1. The van der Waals surface area contributed by atoms with Crippen LogP contribution in [0.15, 0.2) is 41.0 Å². The van der Waals surface area contributed by atoms with Crippen LogP contribution in [0.4, 0.5) is 0 Å². The second-order valence-electron chi connectivity index (χ2n) is 4.86. The van der Waals surface area contributed by atoms with E-state index < -0.39 is 0 Å². The van der Waals surface area contributed by atoms with Crippen molar-refractivity contribution in [2.75, 3.05) is 6.54 Å². The number of rotatable bonds is 3. The quantitative estimate of drug-likeness (QED) is 0.783. The molecule has 2 heterocycles. The third-order valence-electron chi connectivity index (χ3n) is 3.57. The van der Waals surface area contributed by atoms with Gasteiger partial charge in [-0.25, -0.2) is 4.98 Å². The Morgan fingerprint density at radius 1 is 1.37 bits per heavy atom. The first-order valence-electron chi connectivity index (χ1n) is 6.41. The van der Waals surface area contributed by atoms with Crippen LogP contribution in [0, 0.1) is 0 Å². The van der Waals surface area contributed by atoms with Crippen molar-refractivity contribution >= 4 is 11.0 Å². The van der Waals surface area contributed by atoms with E-state index in [1.807, 2.05) is 25.2 Å². The van der Waals surface area contributed by atoms with Gasteiger partial charge in [-0.1, -0.05) is 13.0 Å². The molecule has 1 atom stereocenters. The summed E-state index contributed by atoms with van der Waals surface area (Å²) in [5.41, 5.74) is 9.05. The molecule has 0 fully saturated rings. The third-order valence-corrected chi connectivity index (χ3v) is 3.57. The fourth-order valence-electron chi connectivity index (χ4n) is 2.28. The van der Waals surface area contributed by atoms with E-state index in [0.29, 0.717) is 12.5 Å². The highest BCUT2D eigenvalue weighted by atomic mass is 16.3. The predicted molar refractivity (Wildman–Crippen MR) is 75.9 cm³/mol. The Hall–Kier alpha value is -2.07. The molecule has 0 aliphatic heterocycles. The molecular formula is C15H17N3O. The van der Waals surface area contributed by atoms with Crippen LogP contribution in [0.25, 0.3) is 22.6 Å². The average Bonchev–Trinajstić information content (AvgIpc) is 3.06. The Bertz CT molecular complexity index is 698. The number of hydrogen-bond acceptors (Lipinski definition) is 3. The Morgan fingerprint density at radius 3 is 2.89 bits per heavy atom. The topological polar surface area (TPSA) is 57.0 Å². The molecule has 0 amide bonds. The fraction of sp³-hybridized carbons (Fsp3) is 0.267. The molecule has 4 heteroatoms. The van der Waals surface area contributed by atoms with Crippen molar-refractivity contribution in [1.82, 2.24) is 9.55 Å². The van der Waals surface area contributed by atoms with Gasteiger partial charge in [-0.15, -0.1) is 0 Å². The zero-order chi connectivity index (χ0) is 13.4. The number of fused-ring (bicyclic) bond motifs is 1. The summed E-state index contributed by atoms with van der Waals surface area (Å²) in [6, 6.07) is 10.1. The van der Waals surface area contributed by atoms with Gasteiger partial charge in [-0.2, -0.15) is 0 Å². The number of aryl methyl sites for hydroxylation is 1. The minimum absolute atomic E-state index is 0.353. The van der Waals surface area contributed by atoms with Gasteiger partial charge < -0.3 is 14.7 Å². The second kappa shape index (κ2) is 4.55. The molecule has 19 heavy (non-hydrogen) atoms.